The Labute approximate surface area is 76.5 Å². The first-order valence-electron chi connectivity index (χ1n) is 2.86. The standard InChI is InChI=1S/C6H3ClN2S2/c7-5-2-10-6(9-5)4-1-8-3-11-4/h1-3H. The average Bonchev–Trinajstić information content (AvgIpc) is 2.55. The molecule has 2 aromatic rings. The van der Waals surface area contributed by atoms with E-state index in [1.54, 1.807) is 23.0 Å². The number of rotatable bonds is 1. The molecule has 0 spiro atoms. The van der Waals surface area contributed by atoms with Crippen LogP contribution in [0.4, 0.5) is 0 Å². The summed E-state index contributed by atoms with van der Waals surface area (Å²) < 4.78 is 0. The lowest BCUT2D eigenvalue weighted by Crippen LogP contribution is -1.66. The predicted octanol–water partition coefficient (Wildman–Crippen LogP) is 2.92. The molecule has 0 aliphatic carbocycles. The van der Waals surface area contributed by atoms with E-state index < -0.39 is 0 Å². The van der Waals surface area contributed by atoms with E-state index in [1.807, 2.05) is 5.38 Å². The molecule has 0 saturated heterocycles. The minimum Gasteiger partial charge on any atom is -0.252 e. The number of halogens is 1. The zero-order valence-electron chi connectivity index (χ0n) is 5.32. The van der Waals surface area contributed by atoms with Crippen LogP contribution in [-0.4, -0.2) is 9.97 Å². The molecule has 2 rings (SSSR count). The van der Waals surface area contributed by atoms with E-state index in [0.717, 1.165) is 9.88 Å². The highest BCUT2D eigenvalue weighted by molar-refractivity contribution is 7.20. The molecule has 0 amide bonds. The Morgan fingerprint density at radius 3 is 2.82 bits per heavy atom. The van der Waals surface area contributed by atoms with Crippen LogP contribution in [0.15, 0.2) is 17.1 Å². The van der Waals surface area contributed by atoms with Gasteiger partial charge in [0, 0.05) is 11.6 Å². The first kappa shape index (κ1) is 7.21. The first-order chi connectivity index (χ1) is 5.36. The Morgan fingerprint density at radius 1 is 1.36 bits per heavy atom. The van der Waals surface area contributed by atoms with Gasteiger partial charge in [0.15, 0.2) is 0 Å². The molecule has 0 unspecified atom stereocenters. The van der Waals surface area contributed by atoms with Crippen molar-refractivity contribution in [2.24, 2.45) is 0 Å². The van der Waals surface area contributed by atoms with Crippen LogP contribution in [0.5, 0.6) is 0 Å². The van der Waals surface area contributed by atoms with Crippen molar-refractivity contribution in [2.75, 3.05) is 0 Å². The zero-order chi connectivity index (χ0) is 7.68. The van der Waals surface area contributed by atoms with Gasteiger partial charge in [-0.1, -0.05) is 11.6 Å². The van der Waals surface area contributed by atoms with Gasteiger partial charge in [-0.2, -0.15) is 0 Å². The summed E-state index contributed by atoms with van der Waals surface area (Å²) in [5, 5.41) is 3.31. The summed E-state index contributed by atoms with van der Waals surface area (Å²) >= 11 is 8.76. The fourth-order valence-electron chi connectivity index (χ4n) is 0.689. The van der Waals surface area contributed by atoms with Crippen LogP contribution in [0.3, 0.4) is 0 Å². The molecule has 0 fully saturated rings. The summed E-state index contributed by atoms with van der Waals surface area (Å²) in [5.74, 6) is 0. The fourth-order valence-corrected chi connectivity index (χ4v) is 2.33. The molecule has 2 heterocycles. The van der Waals surface area contributed by atoms with Crippen LogP contribution in [-0.2, 0) is 0 Å². The van der Waals surface area contributed by atoms with E-state index >= 15 is 0 Å². The van der Waals surface area contributed by atoms with Gasteiger partial charge in [-0.3, -0.25) is 4.98 Å². The van der Waals surface area contributed by atoms with Crippen LogP contribution >= 0.6 is 34.3 Å². The minimum atomic E-state index is 0.554. The van der Waals surface area contributed by atoms with Crippen LogP contribution in [0.1, 0.15) is 0 Å². The van der Waals surface area contributed by atoms with Gasteiger partial charge in [-0.15, -0.1) is 22.7 Å². The Hall–Kier alpha value is -0.450. The molecule has 0 bridgehead atoms. The molecule has 0 aliphatic heterocycles. The molecule has 0 aromatic carbocycles. The highest BCUT2D eigenvalue weighted by atomic mass is 35.5. The van der Waals surface area contributed by atoms with Crippen LogP contribution in [0.25, 0.3) is 9.88 Å². The van der Waals surface area contributed by atoms with Gasteiger partial charge < -0.3 is 0 Å². The predicted molar refractivity (Wildman–Crippen MR) is 48.2 cm³/mol. The van der Waals surface area contributed by atoms with Gasteiger partial charge in [0.25, 0.3) is 0 Å². The smallest absolute Gasteiger partial charge is 0.140 e. The first-order valence-corrected chi connectivity index (χ1v) is 5.00. The third-order valence-electron chi connectivity index (χ3n) is 1.12. The van der Waals surface area contributed by atoms with Crippen molar-refractivity contribution < 1.29 is 0 Å². The Morgan fingerprint density at radius 2 is 2.27 bits per heavy atom. The number of hydrogen-bond donors (Lipinski definition) is 0. The van der Waals surface area contributed by atoms with Gasteiger partial charge in [-0.25, -0.2) is 4.98 Å². The lowest BCUT2D eigenvalue weighted by molar-refractivity contribution is 1.39. The molecule has 0 N–H and O–H groups in total. The highest BCUT2D eigenvalue weighted by Crippen LogP contribution is 2.27. The second-order valence-electron chi connectivity index (χ2n) is 1.84. The lowest BCUT2D eigenvalue weighted by Gasteiger charge is -1.82. The molecule has 0 saturated carbocycles. The highest BCUT2D eigenvalue weighted by Gasteiger charge is 2.03. The SMILES string of the molecule is Clc1csc(-c2cncs2)n1. The summed E-state index contributed by atoms with van der Waals surface area (Å²) in [5.41, 5.74) is 1.78. The third kappa shape index (κ3) is 1.42. The molecule has 11 heavy (non-hydrogen) atoms. The summed E-state index contributed by atoms with van der Waals surface area (Å²) in [6.45, 7) is 0. The van der Waals surface area contributed by atoms with Crippen molar-refractivity contribution in [3.05, 3.63) is 22.2 Å². The molecule has 2 aromatic heterocycles. The Balaban J connectivity index is 2.45. The van der Waals surface area contributed by atoms with E-state index in [4.69, 9.17) is 11.6 Å². The van der Waals surface area contributed by atoms with Gasteiger partial charge in [0.2, 0.25) is 0 Å². The second kappa shape index (κ2) is 2.89. The second-order valence-corrected chi connectivity index (χ2v) is 3.97. The molecular weight excluding hydrogens is 200 g/mol. The van der Waals surface area contributed by atoms with Crippen molar-refractivity contribution >= 4 is 34.3 Å². The summed E-state index contributed by atoms with van der Waals surface area (Å²) in [7, 11) is 0. The minimum absolute atomic E-state index is 0.554. The topological polar surface area (TPSA) is 25.8 Å². The normalized spacial score (nSPS) is 10.3. The maximum Gasteiger partial charge on any atom is 0.140 e. The maximum absolute atomic E-state index is 5.66. The largest absolute Gasteiger partial charge is 0.252 e. The third-order valence-corrected chi connectivity index (χ3v) is 3.23. The van der Waals surface area contributed by atoms with Gasteiger partial charge >= 0.3 is 0 Å². The summed E-state index contributed by atoms with van der Waals surface area (Å²) in [6, 6.07) is 0. The number of nitrogens with zero attached hydrogens (tertiary/aromatic N) is 2. The Bertz CT molecular complexity index is 341. The molecule has 2 nitrogen and oxygen atoms in total. The van der Waals surface area contributed by atoms with E-state index in [2.05, 4.69) is 9.97 Å². The van der Waals surface area contributed by atoms with Gasteiger partial charge in [-0.05, 0) is 0 Å². The maximum atomic E-state index is 5.66. The van der Waals surface area contributed by atoms with Crippen molar-refractivity contribution in [1.29, 1.82) is 0 Å². The number of aromatic nitrogens is 2. The molecule has 0 radical (unpaired) electrons. The van der Waals surface area contributed by atoms with Crippen LogP contribution < -0.4 is 0 Å². The number of hydrogen-bond acceptors (Lipinski definition) is 4. The molecule has 56 valence electrons. The van der Waals surface area contributed by atoms with Crippen molar-refractivity contribution in [3.8, 4) is 9.88 Å². The van der Waals surface area contributed by atoms with Crippen LogP contribution in [0.2, 0.25) is 5.15 Å². The molecule has 0 aliphatic rings. The zero-order valence-corrected chi connectivity index (χ0v) is 7.71. The fraction of sp³-hybridized carbons (Fsp3) is 0. The Kier molecular flexibility index (Phi) is 1.89. The van der Waals surface area contributed by atoms with Gasteiger partial charge in [0.1, 0.15) is 10.2 Å². The van der Waals surface area contributed by atoms with E-state index in [1.165, 1.54) is 11.3 Å². The lowest BCUT2D eigenvalue weighted by atomic mass is 10.6. The number of thiazole rings is 2. The van der Waals surface area contributed by atoms with Crippen molar-refractivity contribution in [3.63, 3.8) is 0 Å². The molecule has 5 heteroatoms. The van der Waals surface area contributed by atoms with E-state index in [9.17, 15) is 0 Å². The molecular formula is C6H3ClN2S2. The quantitative estimate of drug-likeness (QED) is 0.711. The average molecular weight is 203 g/mol. The van der Waals surface area contributed by atoms with Gasteiger partial charge in [0.05, 0.1) is 10.4 Å². The van der Waals surface area contributed by atoms with Crippen LogP contribution in [0, 0.1) is 0 Å². The molecule has 0 atom stereocenters. The van der Waals surface area contributed by atoms with E-state index in [-0.39, 0.29) is 0 Å². The monoisotopic (exact) mass is 202 g/mol. The summed E-state index contributed by atoms with van der Waals surface area (Å²) in [4.78, 5) is 9.13. The summed E-state index contributed by atoms with van der Waals surface area (Å²) in [6.07, 6.45) is 1.79. The van der Waals surface area contributed by atoms with E-state index in [0.29, 0.717) is 5.15 Å². The van der Waals surface area contributed by atoms with Crippen molar-refractivity contribution in [2.45, 2.75) is 0 Å². The van der Waals surface area contributed by atoms with Crippen molar-refractivity contribution in [1.82, 2.24) is 9.97 Å².